The molecule has 6 nitrogen and oxygen atoms in total. The number of carbonyl (C=O) groups is 1. The van der Waals surface area contributed by atoms with Crippen molar-refractivity contribution in [2.24, 2.45) is 0 Å². The lowest BCUT2D eigenvalue weighted by molar-refractivity contribution is 0.0232. The number of nitrogens with zero attached hydrogens (tertiary/aromatic N) is 2. The Balaban J connectivity index is 1.93. The van der Waals surface area contributed by atoms with Gasteiger partial charge in [0.15, 0.2) is 0 Å². The number of carbonyl (C=O) groups excluding carboxylic acids is 1. The van der Waals surface area contributed by atoms with Crippen molar-refractivity contribution in [3.05, 3.63) is 26.0 Å². The summed E-state index contributed by atoms with van der Waals surface area (Å²) in [7, 11) is 0. The van der Waals surface area contributed by atoms with Gasteiger partial charge in [-0.15, -0.1) is 23.1 Å². The number of amides is 1. The molecule has 1 atom stereocenters. The summed E-state index contributed by atoms with van der Waals surface area (Å²) >= 11 is 6.33. The van der Waals surface area contributed by atoms with E-state index in [9.17, 15) is 9.59 Å². The van der Waals surface area contributed by atoms with Crippen LogP contribution in [-0.4, -0.2) is 38.2 Å². The number of hydrogen-bond donors (Lipinski definition) is 1. The number of nitrogens with one attached hydrogen (secondary N) is 1. The van der Waals surface area contributed by atoms with Crippen molar-refractivity contribution in [1.82, 2.24) is 14.9 Å². The van der Waals surface area contributed by atoms with Gasteiger partial charge in [-0.05, 0) is 42.8 Å². The first-order valence-corrected chi connectivity index (χ1v) is 9.77. The molecule has 0 aliphatic carbocycles. The molecule has 0 bridgehead atoms. The summed E-state index contributed by atoms with van der Waals surface area (Å²) in [4.78, 5) is 33.5. The van der Waals surface area contributed by atoms with Crippen molar-refractivity contribution in [2.45, 2.75) is 32.4 Å². The van der Waals surface area contributed by atoms with Gasteiger partial charge in [0, 0.05) is 5.75 Å². The first kappa shape index (κ1) is 16.8. The summed E-state index contributed by atoms with van der Waals surface area (Å²) in [6.07, 6.45) is -0.387. The van der Waals surface area contributed by atoms with E-state index in [4.69, 9.17) is 4.74 Å². The van der Waals surface area contributed by atoms with Gasteiger partial charge < -0.3 is 9.72 Å². The number of aromatic amines is 1. The zero-order valence-electron chi connectivity index (χ0n) is 12.9. The zero-order valence-corrected chi connectivity index (χ0v) is 16.1. The molecule has 124 valence electrons. The SMILES string of the molecule is CC(C)(C)OC(=O)N1CSC[C@H]1c1nc2cc(Br)sc2c(=O)[nH]1. The average molecular weight is 418 g/mol. The summed E-state index contributed by atoms with van der Waals surface area (Å²) < 4.78 is 6.88. The fourth-order valence-electron chi connectivity index (χ4n) is 2.26. The van der Waals surface area contributed by atoms with Crippen LogP contribution >= 0.6 is 39.0 Å². The van der Waals surface area contributed by atoms with Gasteiger partial charge in [-0.25, -0.2) is 9.78 Å². The fourth-order valence-corrected chi connectivity index (χ4v) is 4.83. The number of aromatic nitrogens is 2. The van der Waals surface area contributed by atoms with E-state index in [1.807, 2.05) is 26.8 Å². The molecule has 23 heavy (non-hydrogen) atoms. The van der Waals surface area contributed by atoms with Crippen LogP contribution < -0.4 is 5.56 Å². The molecule has 1 aliphatic rings. The van der Waals surface area contributed by atoms with Crippen molar-refractivity contribution in [3.8, 4) is 0 Å². The molecule has 0 aromatic carbocycles. The predicted molar refractivity (Wildman–Crippen MR) is 96.1 cm³/mol. The molecule has 1 amide bonds. The minimum atomic E-state index is -0.558. The Morgan fingerprint density at radius 3 is 2.96 bits per heavy atom. The number of H-pyrrole nitrogens is 1. The highest BCUT2D eigenvalue weighted by Gasteiger charge is 2.35. The third-order valence-corrected chi connectivity index (χ3v) is 5.84. The molecule has 3 heterocycles. The number of thiophene rings is 1. The van der Waals surface area contributed by atoms with Gasteiger partial charge in [0.25, 0.3) is 5.56 Å². The van der Waals surface area contributed by atoms with E-state index in [0.29, 0.717) is 27.7 Å². The largest absolute Gasteiger partial charge is 0.444 e. The molecule has 0 saturated carbocycles. The van der Waals surface area contributed by atoms with Crippen LogP contribution in [0.2, 0.25) is 0 Å². The molecule has 1 aliphatic heterocycles. The van der Waals surface area contributed by atoms with E-state index in [1.54, 1.807) is 16.7 Å². The van der Waals surface area contributed by atoms with E-state index in [-0.39, 0.29) is 17.7 Å². The van der Waals surface area contributed by atoms with Gasteiger partial charge >= 0.3 is 6.09 Å². The smallest absolute Gasteiger partial charge is 0.411 e. The zero-order chi connectivity index (χ0) is 16.8. The Bertz CT molecular complexity index is 812. The molecule has 0 radical (unpaired) electrons. The molecule has 2 aromatic heterocycles. The Hall–Kier alpha value is -1.06. The Morgan fingerprint density at radius 2 is 2.26 bits per heavy atom. The van der Waals surface area contributed by atoms with Crippen molar-refractivity contribution in [2.75, 3.05) is 11.6 Å². The van der Waals surface area contributed by atoms with Crippen LogP contribution in [0.3, 0.4) is 0 Å². The summed E-state index contributed by atoms with van der Waals surface area (Å²) in [6.45, 7) is 5.49. The molecule has 2 aromatic rings. The standard InChI is InChI=1S/C14H16BrN3O3S2/c1-14(2,3)21-13(20)18-6-22-5-8(18)11-16-7-4-9(15)23-10(7)12(19)17-11/h4,8H,5-6H2,1-3H3,(H,16,17,19)/t8-/m0/s1. The Kier molecular flexibility index (Phi) is 4.45. The highest BCUT2D eigenvalue weighted by atomic mass is 79.9. The van der Waals surface area contributed by atoms with Gasteiger partial charge in [-0.3, -0.25) is 9.69 Å². The summed E-state index contributed by atoms with van der Waals surface area (Å²) in [5.74, 6) is 1.71. The molecular formula is C14H16BrN3O3S2. The van der Waals surface area contributed by atoms with Crippen LogP contribution in [0.4, 0.5) is 4.79 Å². The fraction of sp³-hybridized carbons (Fsp3) is 0.500. The Morgan fingerprint density at radius 1 is 1.52 bits per heavy atom. The first-order valence-electron chi connectivity index (χ1n) is 7.01. The molecule has 0 unspecified atom stereocenters. The quantitative estimate of drug-likeness (QED) is 0.764. The first-order chi connectivity index (χ1) is 10.7. The van der Waals surface area contributed by atoms with Crippen molar-refractivity contribution < 1.29 is 9.53 Å². The van der Waals surface area contributed by atoms with Crippen LogP contribution in [0.15, 0.2) is 14.6 Å². The van der Waals surface area contributed by atoms with Crippen molar-refractivity contribution in [1.29, 1.82) is 0 Å². The van der Waals surface area contributed by atoms with E-state index in [1.165, 1.54) is 11.3 Å². The van der Waals surface area contributed by atoms with Gasteiger partial charge in [-0.1, -0.05) is 0 Å². The number of rotatable bonds is 1. The lowest BCUT2D eigenvalue weighted by Gasteiger charge is -2.27. The minimum Gasteiger partial charge on any atom is -0.444 e. The average Bonchev–Trinajstić information content (AvgIpc) is 3.02. The lowest BCUT2D eigenvalue weighted by atomic mass is 10.2. The van der Waals surface area contributed by atoms with E-state index in [0.717, 1.165) is 3.79 Å². The summed E-state index contributed by atoms with van der Waals surface area (Å²) in [6, 6.07) is 1.53. The molecule has 1 fully saturated rings. The second-order valence-electron chi connectivity index (χ2n) is 6.18. The second-order valence-corrected chi connectivity index (χ2v) is 9.61. The molecule has 3 rings (SSSR count). The molecule has 1 saturated heterocycles. The summed E-state index contributed by atoms with van der Waals surface area (Å²) in [5.41, 5.74) is -0.0962. The highest BCUT2D eigenvalue weighted by molar-refractivity contribution is 9.11. The number of thioether (sulfide) groups is 1. The molecule has 9 heteroatoms. The van der Waals surface area contributed by atoms with Crippen LogP contribution in [0.25, 0.3) is 10.2 Å². The van der Waals surface area contributed by atoms with Crippen LogP contribution in [-0.2, 0) is 4.74 Å². The van der Waals surface area contributed by atoms with Gasteiger partial charge in [0.2, 0.25) is 0 Å². The highest BCUT2D eigenvalue weighted by Crippen LogP contribution is 2.34. The van der Waals surface area contributed by atoms with Crippen molar-refractivity contribution >= 4 is 55.3 Å². The van der Waals surface area contributed by atoms with E-state index < -0.39 is 5.60 Å². The van der Waals surface area contributed by atoms with E-state index >= 15 is 0 Å². The summed E-state index contributed by atoms with van der Waals surface area (Å²) in [5, 5.41) is 0. The topological polar surface area (TPSA) is 75.3 Å². The normalized spacial score (nSPS) is 18.6. The molecule has 0 spiro atoms. The van der Waals surface area contributed by atoms with Crippen LogP contribution in [0.1, 0.15) is 32.6 Å². The predicted octanol–water partition coefficient (Wildman–Crippen LogP) is 3.73. The monoisotopic (exact) mass is 417 g/mol. The third kappa shape index (κ3) is 3.56. The maximum Gasteiger partial charge on any atom is 0.411 e. The number of fused-ring (bicyclic) bond motifs is 1. The maximum absolute atomic E-state index is 12.4. The molecule has 1 N–H and O–H groups in total. The maximum atomic E-state index is 12.4. The third-order valence-electron chi connectivity index (χ3n) is 3.20. The van der Waals surface area contributed by atoms with E-state index in [2.05, 4.69) is 25.9 Å². The lowest BCUT2D eigenvalue weighted by Crippen LogP contribution is -2.37. The molecular weight excluding hydrogens is 402 g/mol. The van der Waals surface area contributed by atoms with Crippen LogP contribution in [0, 0.1) is 0 Å². The Labute approximate surface area is 149 Å². The number of halogens is 1. The van der Waals surface area contributed by atoms with Crippen LogP contribution in [0.5, 0.6) is 0 Å². The van der Waals surface area contributed by atoms with Gasteiger partial charge in [0.05, 0.1) is 15.2 Å². The second kappa shape index (κ2) is 6.10. The minimum absolute atomic E-state index is 0.179. The van der Waals surface area contributed by atoms with Crippen molar-refractivity contribution in [3.63, 3.8) is 0 Å². The number of ether oxygens (including phenoxy) is 1. The van der Waals surface area contributed by atoms with Gasteiger partial charge in [-0.2, -0.15) is 0 Å². The van der Waals surface area contributed by atoms with Gasteiger partial charge in [0.1, 0.15) is 22.2 Å². The number of hydrogen-bond acceptors (Lipinski definition) is 6.